The van der Waals surface area contributed by atoms with E-state index in [1.54, 1.807) is 0 Å². The Bertz CT molecular complexity index is 250. The highest BCUT2D eigenvalue weighted by molar-refractivity contribution is 5.78. The van der Waals surface area contributed by atoms with Gasteiger partial charge in [0.05, 0.1) is 12.1 Å². The average molecular weight is 226 g/mol. The van der Waals surface area contributed by atoms with Gasteiger partial charge in [0, 0.05) is 26.2 Å². The van der Waals surface area contributed by atoms with Gasteiger partial charge in [0.2, 0.25) is 5.91 Å². The Kier molecular flexibility index (Phi) is 3.50. The molecule has 0 aromatic carbocycles. The quantitative estimate of drug-likeness (QED) is 0.744. The molecule has 2 aliphatic rings. The van der Waals surface area contributed by atoms with Crippen LogP contribution in [0.25, 0.3) is 0 Å². The van der Waals surface area contributed by atoms with Gasteiger partial charge in [-0.25, -0.2) is 0 Å². The lowest BCUT2D eigenvalue weighted by Gasteiger charge is -2.44. The molecule has 2 aliphatic heterocycles. The van der Waals surface area contributed by atoms with Crippen LogP contribution in [0.1, 0.15) is 32.6 Å². The van der Waals surface area contributed by atoms with Crippen molar-refractivity contribution in [3.63, 3.8) is 0 Å². The molecule has 2 heterocycles. The van der Waals surface area contributed by atoms with Crippen LogP contribution in [0.3, 0.4) is 0 Å². The number of amides is 1. The first-order valence-corrected chi connectivity index (χ1v) is 6.29. The molecule has 0 spiro atoms. The van der Waals surface area contributed by atoms with Crippen LogP contribution in [0.15, 0.2) is 0 Å². The number of nitrogens with zero attached hydrogens (tertiary/aromatic N) is 2. The molecular weight excluding hydrogens is 204 g/mol. The van der Waals surface area contributed by atoms with Crippen LogP contribution < -0.4 is 0 Å². The number of hydrogen-bond acceptors (Lipinski definition) is 3. The maximum absolute atomic E-state index is 12.0. The topological polar surface area (TPSA) is 43.8 Å². The smallest absolute Gasteiger partial charge is 0.236 e. The average Bonchev–Trinajstić information content (AvgIpc) is 2.42. The fourth-order valence-corrected chi connectivity index (χ4v) is 2.64. The fraction of sp³-hybridized carbons (Fsp3) is 0.917. The number of carbonyl (C=O) groups is 1. The molecule has 4 nitrogen and oxygen atoms in total. The minimum atomic E-state index is -0.570. The summed E-state index contributed by atoms with van der Waals surface area (Å²) in [5.74, 6) is 0.234. The summed E-state index contributed by atoms with van der Waals surface area (Å²) >= 11 is 0. The number of carbonyl (C=O) groups excluding carboxylic acids is 1. The van der Waals surface area contributed by atoms with E-state index >= 15 is 0 Å². The van der Waals surface area contributed by atoms with Crippen molar-refractivity contribution in [1.29, 1.82) is 0 Å². The lowest BCUT2D eigenvalue weighted by molar-refractivity contribution is -0.139. The zero-order valence-corrected chi connectivity index (χ0v) is 10.1. The summed E-state index contributed by atoms with van der Waals surface area (Å²) < 4.78 is 0. The van der Waals surface area contributed by atoms with Crippen molar-refractivity contribution < 1.29 is 9.90 Å². The highest BCUT2D eigenvalue weighted by atomic mass is 16.3. The van der Waals surface area contributed by atoms with Gasteiger partial charge in [-0.05, 0) is 19.8 Å². The summed E-state index contributed by atoms with van der Waals surface area (Å²) in [6, 6.07) is 0. The maximum Gasteiger partial charge on any atom is 0.236 e. The van der Waals surface area contributed by atoms with Gasteiger partial charge in [-0.3, -0.25) is 9.69 Å². The second-order valence-corrected chi connectivity index (χ2v) is 5.44. The third-order valence-corrected chi connectivity index (χ3v) is 3.45. The first-order valence-electron chi connectivity index (χ1n) is 6.29. The van der Waals surface area contributed by atoms with E-state index in [1.165, 1.54) is 12.8 Å². The Morgan fingerprint density at radius 2 is 1.75 bits per heavy atom. The molecule has 0 atom stereocenters. The second kappa shape index (κ2) is 4.72. The molecular formula is C12H22N2O2. The van der Waals surface area contributed by atoms with E-state index in [-0.39, 0.29) is 5.91 Å². The SMILES string of the molecule is CC1(O)CN(CC(=O)N2CCCCCC2)C1. The van der Waals surface area contributed by atoms with Crippen LogP contribution in [0, 0.1) is 0 Å². The van der Waals surface area contributed by atoms with E-state index in [9.17, 15) is 9.90 Å². The number of β-amino-alcohol motifs (C(OH)–C–C–N with tert-alkyl or cyclic N) is 1. The molecule has 2 fully saturated rings. The fourth-order valence-electron chi connectivity index (χ4n) is 2.64. The van der Waals surface area contributed by atoms with Gasteiger partial charge in [0.15, 0.2) is 0 Å². The molecule has 2 rings (SSSR count). The van der Waals surface area contributed by atoms with Gasteiger partial charge in [-0.1, -0.05) is 12.8 Å². The molecule has 0 unspecified atom stereocenters. The summed E-state index contributed by atoms with van der Waals surface area (Å²) in [6.07, 6.45) is 4.79. The molecule has 0 radical (unpaired) electrons. The summed E-state index contributed by atoms with van der Waals surface area (Å²) in [4.78, 5) is 16.0. The molecule has 1 N–H and O–H groups in total. The number of likely N-dealkylation sites (tertiary alicyclic amines) is 2. The molecule has 0 bridgehead atoms. The minimum absolute atomic E-state index is 0.234. The van der Waals surface area contributed by atoms with Crippen molar-refractivity contribution in [3.05, 3.63) is 0 Å². The lowest BCUT2D eigenvalue weighted by Crippen LogP contribution is -2.61. The van der Waals surface area contributed by atoms with Crippen LogP contribution in [0.4, 0.5) is 0 Å². The van der Waals surface area contributed by atoms with Gasteiger partial charge in [0.1, 0.15) is 0 Å². The van der Waals surface area contributed by atoms with Gasteiger partial charge in [-0.2, -0.15) is 0 Å². The first kappa shape index (κ1) is 11.9. The zero-order chi connectivity index (χ0) is 11.6. The summed E-state index contributed by atoms with van der Waals surface area (Å²) in [5.41, 5.74) is -0.570. The Morgan fingerprint density at radius 1 is 1.19 bits per heavy atom. The molecule has 0 aromatic rings. The van der Waals surface area contributed by atoms with E-state index in [1.807, 2.05) is 16.7 Å². The van der Waals surface area contributed by atoms with Crippen molar-refractivity contribution in [2.75, 3.05) is 32.7 Å². The number of aliphatic hydroxyl groups is 1. The van der Waals surface area contributed by atoms with E-state index < -0.39 is 5.60 Å². The standard InChI is InChI=1S/C12H22N2O2/c1-12(16)9-13(10-12)8-11(15)14-6-4-2-3-5-7-14/h16H,2-10H2,1H3. The largest absolute Gasteiger partial charge is 0.388 e. The Morgan fingerprint density at radius 3 is 2.25 bits per heavy atom. The Balaban J connectivity index is 1.75. The first-order chi connectivity index (χ1) is 7.57. The van der Waals surface area contributed by atoms with Gasteiger partial charge in [0.25, 0.3) is 0 Å². The predicted molar refractivity (Wildman–Crippen MR) is 62.1 cm³/mol. The normalized spacial score (nSPS) is 26.0. The van der Waals surface area contributed by atoms with Crippen LogP contribution >= 0.6 is 0 Å². The van der Waals surface area contributed by atoms with E-state index in [4.69, 9.17) is 0 Å². The predicted octanol–water partition coefficient (Wildman–Crippen LogP) is 0.456. The van der Waals surface area contributed by atoms with E-state index in [0.29, 0.717) is 19.6 Å². The Labute approximate surface area is 97.2 Å². The van der Waals surface area contributed by atoms with Crippen LogP contribution in [-0.4, -0.2) is 59.1 Å². The van der Waals surface area contributed by atoms with Crippen LogP contribution in [-0.2, 0) is 4.79 Å². The van der Waals surface area contributed by atoms with Crippen molar-refractivity contribution in [3.8, 4) is 0 Å². The van der Waals surface area contributed by atoms with E-state index in [0.717, 1.165) is 25.9 Å². The molecule has 92 valence electrons. The highest BCUT2D eigenvalue weighted by Gasteiger charge is 2.37. The molecule has 0 saturated carbocycles. The number of hydrogen-bond donors (Lipinski definition) is 1. The summed E-state index contributed by atoms with van der Waals surface area (Å²) in [7, 11) is 0. The third kappa shape index (κ3) is 2.95. The Hall–Kier alpha value is -0.610. The van der Waals surface area contributed by atoms with Crippen LogP contribution in [0.5, 0.6) is 0 Å². The molecule has 16 heavy (non-hydrogen) atoms. The van der Waals surface area contributed by atoms with Gasteiger partial charge < -0.3 is 10.0 Å². The van der Waals surface area contributed by atoms with Crippen molar-refractivity contribution in [2.24, 2.45) is 0 Å². The summed E-state index contributed by atoms with van der Waals surface area (Å²) in [5, 5.41) is 9.59. The van der Waals surface area contributed by atoms with Crippen molar-refractivity contribution in [1.82, 2.24) is 9.80 Å². The van der Waals surface area contributed by atoms with Gasteiger partial charge in [-0.15, -0.1) is 0 Å². The molecule has 0 aliphatic carbocycles. The van der Waals surface area contributed by atoms with E-state index in [2.05, 4.69) is 0 Å². The molecule has 2 saturated heterocycles. The van der Waals surface area contributed by atoms with Gasteiger partial charge >= 0.3 is 0 Å². The van der Waals surface area contributed by atoms with Crippen molar-refractivity contribution >= 4 is 5.91 Å². The zero-order valence-electron chi connectivity index (χ0n) is 10.1. The maximum atomic E-state index is 12.0. The van der Waals surface area contributed by atoms with Crippen molar-refractivity contribution in [2.45, 2.75) is 38.2 Å². The monoisotopic (exact) mass is 226 g/mol. The summed E-state index contributed by atoms with van der Waals surface area (Å²) in [6.45, 7) is 5.40. The lowest BCUT2D eigenvalue weighted by atomic mass is 9.97. The second-order valence-electron chi connectivity index (χ2n) is 5.44. The van der Waals surface area contributed by atoms with Crippen LogP contribution in [0.2, 0.25) is 0 Å². The molecule has 4 heteroatoms. The minimum Gasteiger partial charge on any atom is -0.388 e. The third-order valence-electron chi connectivity index (χ3n) is 3.45. The highest BCUT2D eigenvalue weighted by Crippen LogP contribution is 2.19. The molecule has 0 aromatic heterocycles. The molecule has 1 amide bonds. The number of rotatable bonds is 2.